The van der Waals surface area contributed by atoms with Crippen LogP contribution in [0.3, 0.4) is 0 Å². The summed E-state index contributed by atoms with van der Waals surface area (Å²) in [7, 11) is 0. The molecule has 0 spiro atoms. The van der Waals surface area contributed by atoms with Gasteiger partial charge in [0.2, 0.25) is 22.1 Å². The molecule has 7 rings (SSSR count). The molecule has 0 radical (unpaired) electrons. The van der Waals surface area contributed by atoms with Crippen LogP contribution in [0.4, 0.5) is 21.9 Å². The summed E-state index contributed by atoms with van der Waals surface area (Å²) in [5.41, 5.74) is 0.168. The third kappa shape index (κ3) is 7.31. The van der Waals surface area contributed by atoms with Crippen LogP contribution in [0.25, 0.3) is 0 Å². The van der Waals surface area contributed by atoms with Crippen molar-refractivity contribution in [3.05, 3.63) is 12.1 Å². The van der Waals surface area contributed by atoms with Gasteiger partial charge in [-0.3, -0.25) is 19.4 Å². The zero-order valence-corrected chi connectivity index (χ0v) is 26.7. The molecule has 3 aliphatic carbocycles. The molecule has 13 heteroatoms. The van der Waals surface area contributed by atoms with E-state index in [1.54, 1.807) is 0 Å². The third-order valence-corrected chi connectivity index (χ3v) is 11.1. The number of aromatic nitrogens is 4. The van der Waals surface area contributed by atoms with Crippen LogP contribution in [0, 0.1) is 17.3 Å². The lowest BCUT2D eigenvalue weighted by Crippen LogP contribution is -2.49. The molecule has 4 heterocycles. The molecule has 2 aromatic heterocycles. The van der Waals surface area contributed by atoms with Gasteiger partial charge in [-0.1, -0.05) is 31.1 Å². The van der Waals surface area contributed by atoms with E-state index in [2.05, 4.69) is 58.0 Å². The maximum atomic E-state index is 13.0. The smallest absolute Gasteiger partial charge is 0.239 e. The van der Waals surface area contributed by atoms with Gasteiger partial charge < -0.3 is 20.9 Å². The number of carbonyl (C=O) groups is 2. The summed E-state index contributed by atoms with van der Waals surface area (Å²) < 4.78 is 0. The summed E-state index contributed by atoms with van der Waals surface area (Å²) in [6.07, 6.45) is 11.6. The fourth-order valence-electron chi connectivity index (χ4n) is 8.36. The van der Waals surface area contributed by atoms with Crippen molar-refractivity contribution >= 4 is 45.0 Å². The van der Waals surface area contributed by atoms with E-state index in [1.165, 1.54) is 56.3 Å². The van der Waals surface area contributed by atoms with Crippen molar-refractivity contribution in [2.75, 3.05) is 66.7 Å². The van der Waals surface area contributed by atoms with Gasteiger partial charge in [0.15, 0.2) is 11.6 Å². The number of fused-ring (bicyclic) bond motifs is 2. The molecule has 2 saturated heterocycles. The maximum absolute atomic E-state index is 13.0. The molecule has 4 atom stereocenters. The number of anilines is 4. The van der Waals surface area contributed by atoms with Crippen LogP contribution in [-0.2, 0) is 9.59 Å². The molecule has 2 bridgehead atoms. The van der Waals surface area contributed by atoms with Gasteiger partial charge in [-0.2, -0.15) is 0 Å². The Hall–Kier alpha value is -2.90. The maximum Gasteiger partial charge on any atom is 0.239 e. The molecule has 0 aromatic carbocycles. The summed E-state index contributed by atoms with van der Waals surface area (Å²) in [5, 5.41) is 27.9. The highest BCUT2D eigenvalue weighted by Crippen LogP contribution is 2.52. The molecule has 3 saturated carbocycles. The Bertz CT molecular complexity index is 1310. The van der Waals surface area contributed by atoms with E-state index in [0.717, 1.165) is 69.9 Å². The summed E-state index contributed by atoms with van der Waals surface area (Å²) in [4.78, 5) is 32.5. The van der Waals surface area contributed by atoms with Crippen LogP contribution in [-0.4, -0.2) is 99.9 Å². The van der Waals surface area contributed by atoms with Crippen LogP contribution in [0.2, 0.25) is 0 Å². The second-order valence-electron chi connectivity index (χ2n) is 14.1. The number of hydrogen-bond acceptors (Lipinski definition) is 11. The van der Waals surface area contributed by atoms with E-state index in [0.29, 0.717) is 35.0 Å². The quantitative estimate of drug-likeness (QED) is 0.361. The standard InChI is InChI=1S/C31H46N10O2S/c1-21-15-22-3-2-9-31(16-21,17-22)18-27(42)34-30-38-37-29(44-30)32-23-8-10-41(19-23)26-7-6-25(35-36-26)33-28(43)20-39-11-13-40(14-12-39)24-4-5-24/h6-7,21-24H,2-5,8-20H2,1H3,(H,32,37)(H,33,35,43)(H,34,38,42)/t21?,22?,23-,31?/m1/s1. The number of amides is 2. The predicted molar refractivity (Wildman–Crippen MR) is 172 cm³/mol. The molecular formula is C31H46N10O2S. The summed E-state index contributed by atoms with van der Waals surface area (Å²) in [5.74, 6) is 2.79. The van der Waals surface area contributed by atoms with Crippen molar-refractivity contribution < 1.29 is 9.59 Å². The molecule has 2 aliphatic heterocycles. The summed E-state index contributed by atoms with van der Waals surface area (Å²) in [6, 6.07) is 4.72. The minimum absolute atomic E-state index is 0.0455. The highest BCUT2D eigenvalue weighted by atomic mass is 32.1. The molecule has 44 heavy (non-hydrogen) atoms. The molecule has 3 N–H and O–H groups in total. The molecule has 12 nitrogen and oxygen atoms in total. The SMILES string of the molecule is CC1CC2CCCC(CC(=O)Nc3nnc(N[C@@H]4CCN(c5ccc(NC(=O)CN6CCN(C7CC7)CC6)nn5)C4)s3)(C1)C2. The van der Waals surface area contributed by atoms with E-state index in [4.69, 9.17) is 0 Å². The van der Waals surface area contributed by atoms with Crippen molar-refractivity contribution in [1.29, 1.82) is 0 Å². The summed E-state index contributed by atoms with van der Waals surface area (Å²) >= 11 is 1.39. The normalized spacial score (nSPS) is 29.4. The van der Waals surface area contributed by atoms with Gasteiger partial charge in [-0.05, 0) is 74.3 Å². The number of nitrogens with one attached hydrogen (secondary N) is 3. The van der Waals surface area contributed by atoms with E-state index in [1.807, 2.05) is 12.1 Å². The van der Waals surface area contributed by atoms with Crippen molar-refractivity contribution in [1.82, 2.24) is 30.2 Å². The summed E-state index contributed by atoms with van der Waals surface area (Å²) in [6.45, 7) is 8.31. The molecular weight excluding hydrogens is 576 g/mol. The van der Waals surface area contributed by atoms with E-state index in [-0.39, 0.29) is 23.3 Å². The first-order valence-electron chi connectivity index (χ1n) is 16.6. The van der Waals surface area contributed by atoms with Crippen LogP contribution < -0.4 is 20.9 Å². The Balaban J connectivity index is 0.842. The molecule has 2 amide bonds. The first-order valence-corrected chi connectivity index (χ1v) is 17.4. The second kappa shape index (κ2) is 12.8. The first kappa shape index (κ1) is 29.8. The Morgan fingerprint density at radius 3 is 2.57 bits per heavy atom. The van der Waals surface area contributed by atoms with Gasteiger partial charge in [0.1, 0.15) is 0 Å². The molecule has 5 aliphatic rings. The van der Waals surface area contributed by atoms with Gasteiger partial charge in [0.25, 0.3) is 0 Å². The molecule has 238 valence electrons. The van der Waals surface area contributed by atoms with Gasteiger partial charge in [-0.15, -0.1) is 20.4 Å². The minimum atomic E-state index is -0.0455. The number of carbonyl (C=O) groups excluding carboxylic acids is 2. The Morgan fingerprint density at radius 2 is 1.77 bits per heavy atom. The van der Waals surface area contributed by atoms with Gasteiger partial charge >= 0.3 is 0 Å². The van der Waals surface area contributed by atoms with Crippen molar-refractivity contribution in [2.45, 2.75) is 83.2 Å². The number of piperazine rings is 1. The van der Waals surface area contributed by atoms with E-state index >= 15 is 0 Å². The molecule has 5 fully saturated rings. The lowest BCUT2D eigenvalue weighted by atomic mass is 9.58. The topological polar surface area (TPSA) is 132 Å². The zero-order chi connectivity index (χ0) is 30.1. The van der Waals surface area contributed by atoms with Crippen LogP contribution in [0.5, 0.6) is 0 Å². The molecule has 2 aromatic rings. The van der Waals surface area contributed by atoms with Crippen molar-refractivity contribution in [3.8, 4) is 0 Å². The van der Waals surface area contributed by atoms with Crippen LogP contribution in [0.15, 0.2) is 12.1 Å². The third-order valence-electron chi connectivity index (χ3n) is 10.4. The van der Waals surface area contributed by atoms with Crippen LogP contribution in [0.1, 0.15) is 71.1 Å². The largest absolute Gasteiger partial charge is 0.355 e. The lowest BCUT2D eigenvalue weighted by Gasteiger charge is -2.47. The molecule has 3 unspecified atom stereocenters. The second-order valence-corrected chi connectivity index (χ2v) is 15.1. The Labute approximate surface area is 263 Å². The van der Waals surface area contributed by atoms with Crippen molar-refractivity contribution in [3.63, 3.8) is 0 Å². The Kier molecular flexibility index (Phi) is 8.69. The number of hydrogen-bond donors (Lipinski definition) is 3. The highest BCUT2D eigenvalue weighted by Gasteiger charge is 2.43. The lowest BCUT2D eigenvalue weighted by molar-refractivity contribution is -0.120. The van der Waals surface area contributed by atoms with Crippen LogP contribution >= 0.6 is 11.3 Å². The number of nitrogens with zero attached hydrogens (tertiary/aromatic N) is 7. The first-order chi connectivity index (χ1) is 21.4. The highest BCUT2D eigenvalue weighted by molar-refractivity contribution is 7.19. The van der Waals surface area contributed by atoms with E-state index in [9.17, 15) is 9.59 Å². The van der Waals surface area contributed by atoms with E-state index < -0.39 is 0 Å². The van der Waals surface area contributed by atoms with Gasteiger partial charge in [0.05, 0.1) is 6.54 Å². The number of rotatable bonds is 10. The van der Waals surface area contributed by atoms with Crippen molar-refractivity contribution in [2.24, 2.45) is 17.3 Å². The average Bonchev–Trinajstić information content (AvgIpc) is 3.59. The monoisotopic (exact) mass is 622 g/mol. The van der Waals surface area contributed by atoms with Gasteiger partial charge in [-0.25, -0.2) is 0 Å². The fourth-order valence-corrected chi connectivity index (χ4v) is 9.10. The average molecular weight is 623 g/mol. The minimum Gasteiger partial charge on any atom is -0.355 e. The fraction of sp³-hybridized carbons (Fsp3) is 0.742. The zero-order valence-electron chi connectivity index (χ0n) is 25.8. The predicted octanol–water partition coefficient (Wildman–Crippen LogP) is 3.67. The van der Waals surface area contributed by atoms with Gasteiger partial charge in [0, 0.05) is 57.8 Å². The Morgan fingerprint density at radius 1 is 0.932 bits per heavy atom.